The monoisotopic (exact) mass is 243 g/mol. The molecule has 0 aromatic heterocycles. The van der Waals surface area contributed by atoms with Crippen molar-refractivity contribution in [3.63, 3.8) is 0 Å². The summed E-state index contributed by atoms with van der Waals surface area (Å²) in [7, 11) is 1.62. The van der Waals surface area contributed by atoms with E-state index in [0.717, 1.165) is 5.56 Å². The Morgan fingerprint density at radius 2 is 2.19 bits per heavy atom. The summed E-state index contributed by atoms with van der Waals surface area (Å²) >= 11 is 5.66. The normalized spacial score (nSPS) is 12.3. The molecule has 0 aliphatic rings. The topological polar surface area (TPSA) is 20.3 Å². The molecule has 0 spiro atoms. The second kappa shape index (κ2) is 5.30. The number of hydrogen-bond donors (Lipinski definition) is 0. The minimum absolute atomic E-state index is 0.0967. The first-order chi connectivity index (χ1) is 7.47. The summed E-state index contributed by atoms with van der Waals surface area (Å²) in [6.07, 6.45) is 0. The Balaban J connectivity index is 3.00. The summed E-state index contributed by atoms with van der Waals surface area (Å²) in [5.41, 5.74) is 0.955. The molecule has 0 saturated carbocycles. The van der Waals surface area contributed by atoms with Gasteiger partial charge in [-0.25, -0.2) is 4.39 Å². The SMILES string of the molecule is Cc1ccc(F)c(C(=O)N(C)C(C)CCl)c1. The predicted molar refractivity (Wildman–Crippen MR) is 63.4 cm³/mol. The molecule has 16 heavy (non-hydrogen) atoms. The molecule has 88 valence electrons. The Morgan fingerprint density at radius 3 is 2.75 bits per heavy atom. The molecular formula is C12H15ClFNO. The van der Waals surface area contributed by atoms with E-state index in [9.17, 15) is 9.18 Å². The van der Waals surface area contributed by atoms with Gasteiger partial charge in [0.05, 0.1) is 5.56 Å². The lowest BCUT2D eigenvalue weighted by Crippen LogP contribution is -2.36. The van der Waals surface area contributed by atoms with E-state index in [2.05, 4.69) is 0 Å². The third-order valence-electron chi connectivity index (χ3n) is 2.56. The quantitative estimate of drug-likeness (QED) is 0.748. The van der Waals surface area contributed by atoms with E-state index in [-0.39, 0.29) is 17.5 Å². The second-order valence-electron chi connectivity index (χ2n) is 3.90. The van der Waals surface area contributed by atoms with Crippen LogP contribution in [0, 0.1) is 12.7 Å². The van der Waals surface area contributed by atoms with Crippen LogP contribution in [0.2, 0.25) is 0 Å². The van der Waals surface area contributed by atoms with Gasteiger partial charge >= 0.3 is 0 Å². The Hall–Kier alpha value is -1.09. The van der Waals surface area contributed by atoms with Crippen molar-refractivity contribution >= 4 is 17.5 Å². The lowest BCUT2D eigenvalue weighted by atomic mass is 10.1. The highest BCUT2D eigenvalue weighted by atomic mass is 35.5. The molecule has 0 fully saturated rings. The average molecular weight is 244 g/mol. The minimum Gasteiger partial charge on any atom is -0.338 e. The molecule has 0 heterocycles. The van der Waals surface area contributed by atoms with Crippen LogP contribution in [0.1, 0.15) is 22.8 Å². The molecule has 0 aliphatic carbocycles. The van der Waals surface area contributed by atoms with E-state index >= 15 is 0 Å². The zero-order valence-corrected chi connectivity index (χ0v) is 10.4. The van der Waals surface area contributed by atoms with Crippen LogP contribution >= 0.6 is 11.6 Å². The average Bonchev–Trinajstić information content (AvgIpc) is 2.29. The van der Waals surface area contributed by atoms with Gasteiger partial charge in [-0.3, -0.25) is 4.79 Å². The van der Waals surface area contributed by atoms with Crippen LogP contribution in [0.4, 0.5) is 4.39 Å². The van der Waals surface area contributed by atoms with Crippen LogP contribution in [-0.4, -0.2) is 29.8 Å². The predicted octanol–water partition coefficient (Wildman–Crippen LogP) is 2.83. The number of amides is 1. The van der Waals surface area contributed by atoms with Crippen molar-refractivity contribution in [3.8, 4) is 0 Å². The largest absolute Gasteiger partial charge is 0.338 e. The molecule has 1 aromatic carbocycles. The molecule has 0 radical (unpaired) electrons. The molecular weight excluding hydrogens is 229 g/mol. The van der Waals surface area contributed by atoms with E-state index in [1.54, 1.807) is 19.2 Å². The van der Waals surface area contributed by atoms with Crippen LogP contribution in [0.5, 0.6) is 0 Å². The van der Waals surface area contributed by atoms with E-state index < -0.39 is 5.82 Å². The molecule has 1 rings (SSSR count). The van der Waals surface area contributed by atoms with Crippen molar-refractivity contribution in [1.82, 2.24) is 4.90 Å². The van der Waals surface area contributed by atoms with Gasteiger partial charge in [-0.2, -0.15) is 0 Å². The van der Waals surface area contributed by atoms with Crippen molar-refractivity contribution in [2.45, 2.75) is 19.9 Å². The maximum Gasteiger partial charge on any atom is 0.256 e. The maximum absolute atomic E-state index is 13.5. The van der Waals surface area contributed by atoms with Crippen molar-refractivity contribution < 1.29 is 9.18 Å². The maximum atomic E-state index is 13.5. The first kappa shape index (κ1) is 13.0. The Kier molecular flexibility index (Phi) is 4.30. The Morgan fingerprint density at radius 1 is 1.56 bits per heavy atom. The molecule has 0 bridgehead atoms. The number of hydrogen-bond acceptors (Lipinski definition) is 1. The Labute approximate surface area is 100 Å². The standard InChI is InChI=1S/C12H15ClFNO/c1-8-4-5-11(14)10(6-8)12(16)15(3)9(2)7-13/h4-6,9H,7H2,1-3H3. The van der Waals surface area contributed by atoms with Gasteiger partial charge in [0.25, 0.3) is 5.91 Å². The fourth-order valence-electron chi connectivity index (χ4n) is 1.30. The third kappa shape index (κ3) is 2.73. The molecule has 1 amide bonds. The van der Waals surface area contributed by atoms with Crippen LogP contribution in [0.25, 0.3) is 0 Å². The number of benzene rings is 1. The van der Waals surface area contributed by atoms with Gasteiger partial charge in [-0.15, -0.1) is 11.6 Å². The minimum atomic E-state index is -0.496. The lowest BCUT2D eigenvalue weighted by molar-refractivity contribution is 0.0752. The summed E-state index contributed by atoms with van der Waals surface area (Å²) in [6, 6.07) is 4.38. The highest BCUT2D eigenvalue weighted by molar-refractivity contribution is 6.18. The number of halogens is 2. The van der Waals surface area contributed by atoms with E-state index in [1.807, 2.05) is 13.8 Å². The van der Waals surface area contributed by atoms with Crippen molar-refractivity contribution in [2.24, 2.45) is 0 Å². The zero-order chi connectivity index (χ0) is 12.3. The smallest absolute Gasteiger partial charge is 0.256 e. The van der Waals surface area contributed by atoms with Gasteiger partial charge in [0.15, 0.2) is 0 Å². The van der Waals surface area contributed by atoms with Crippen LogP contribution in [-0.2, 0) is 0 Å². The van der Waals surface area contributed by atoms with Gasteiger partial charge in [0.1, 0.15) is 5.82 Å². The van der Waals surface area contributed by atoms with E-state index in [1.165, 1.54) is 11.0 Å². The zero-order valence-electron chi connectivity index (χ0n) is 9.63. The molecule has 1 atom stereocenters. The molecule has 0 N–H and O–H groups in total. The van der Waals surface area contributed by atoms with Gasteiger partial charge < -0.3 is 4.90 Å². The Bertz CT molecular complexity index is 395. The fourth-order valence-corrected chi connectivity index (χ4v) is 1.50. The number of nitrogens with zero attached hydrogens (tertiary/aromatic N) is 1. The van der Waals surface area contributed by atoms with Crippen molar-refractivity contribution in [1.29, 1.82) is 0 Å². The third-order valence-corrected chi connectivity index (χ3v) is 3.00. The summed E-state index contributed by atoms with van der Waals surface area (Å²) < 4.78 is 13.5. The van der Waals surface area contributed by atoms with E-state index in [4.69, 9.17) is 11.6 Å². The number of carbonyl (C=O) groups excluding carboxylic acids is 1. The van der Waals surface area contributed by atoms with Crippen LogP contribution in [0.15, 0.2) is 18.2 Å². The van der Waals surface area contributed by atoms with Gasteiger partial charge in [0, 0.05) is 19.0 Å². The van der Waals surface area contributed by atoms with Gasteiger partial charge in [0.2, 0.25) is 0 Å². The van der Waals surface area contributed by atoms with E-state index in [0.29, 0.717) is 5.88 Å². The molecule has 0 saturated heterocycles. The van der Waals surface area contributed by atoms with Crippen molar-refractivity contribution in [2.75, 3.05) is 12.9 Å². The van der Waals surface area contributed by atoms with Gasteiger partial charge in [-0.1, -0.05) is 11.6 Å². The first-order valence-corrected chi connectivity index (χ1v) is 5.60. The highest BCUT2D eigenvalue weighted by Crippen LogP contribution is 2.13. The van der Waals surface area contributed by atoms with Crippen LogP contribution < -0.4 is 0 Å². The number of aryl methyl sites for hydroxylation is 1. The highest BCUT2D eigenvalue weighted by Gasteiger charge is 2.19. The number of carbonyl (C=O) groups is 1. The van der Waals surface area contributed by atoms with Crippen LogP contribution in [0.3, 0.4) is 0 Å². The van der Waals surface area contributed by atoms with Crippen molar-refractivity contribution in [3.05, 3.63) is 35.1 Å². The first-order valence-electron chi connectivity index (χ1n) is 5.06. The summed E-state index contributed by atoms with van der Waals surface area (Å²) in [5.74, 6) is -0.506. The second-order valence-corrected chi connectivity index (χ2v) is 4.21. The summed E-state index contributed by atoms with van der Waals surface area (Å²) in [5, 5.41) is 0. The molecule has 1 unspecified atom stereocenters. The fraction of sp³-hybridized carbons (Fsp3) is 0.417. The number of alkyl halides is 1. The lowest BCUT2D eigenvalue weighted by Gasteiger charge is -2.23. The summed E-state index contributed by atoms with van der Waals surface area (Å²) in [6.45, 7) is 3.64. The molecule has 1 aromatic rings. The molecule has 2 nitrogen and oxygen atoms in total. The summed E-state index contributed by atoms with van der Waals surface area (Å²) in [4.78, 5) is 13.4. The number of rotatable bonds is 3. The molecule has 0 aliphatic heterocycles. The van der Waals surface area contributed by atoms with Gasteiger partial charge in [-0.05, 0) is 26.0 Å². The molecule has 4 heteroatoms.